The van der Waals surface area contributed by atoms with Gasteiger partial charge >= 0.3 is 0 Å². The fourth-order valence-corrected chi connectivity index (χ4v) is 2.64. The molecule has 1 aromatic rings. The van der Waals surface area contributed by atoms with Crippen molar-refractivity contribution in [3.05, 3.63) is 11.8 Å². The van der Waals surface area contributed by atoms with E-state index in [-0.39, 0.29) is 4.75 Å². The van der Waals surface area contributed by atoms with Crippen LogP contribution in [-0.2, 0) is 0 Å². The first-order chi connectivity index (χ1) is 8.60. The zero-order valence-electron chi connectivity index (χ0n) is 12.0. The van der Waals surface area contributed by atoms with Gasteiger partial charge in [-0.1, -0.05) is 13.8 Å². The SMILES string of the molecule is CCC(CC)(CNc1nc(NC)ncc1C)SC. The quantitative estimate of drug-likeness (QED) is 0.795. The molecule has 0 aliphatic rings. The van der Waals surface area contributed by atoms with Crippen LogP contribution >= 0.6 is 11.8 Å². The Kier molecular flexibility index (Phi) is 5.72. The predicted molar refractivity (Wildman–Crippen MR) is 81.6 cm³/mol. The van der Waals surface area contributed by atoms with Crippen molar-refractivity contribution in [3.8, 4) is 0 Å². The Morgan fingerprint density at radius 1 is 1.33 bits per heavy atom. The van der Waals surface area contributed by atoms with Crippen molar-refractivity contribution in [1.29, 1.82) is 0 Å². The van der Waals surface area contributed by atoms with E-state index in [1.807, 2.05) is 31.9 Å². The summed E-state index contributed by atoms with van der Waals surface area (Å²) in [6.07, 6.45) is 6.34. The van der Waals surface area contributed by atoms with Crippen LogP contribution in [0.15, 0.2) is 6.20 Å². The van der Waals surface area contributed by atoms with Crippen LogP contribution in [0, 0.1) is 6.92 Å². The van der Waals surface area contributed by atoms with E-state index in [4.69, 9.17) is 0 Å². The van der Waals surface area contributed by atoms with Gasteiger partial charge in [0.1, 0.15) is 5.82 Å². The van der Waals surface area contributed by atoms with Crippen molar-refractivity contribution in [1.82, 2.24) is 9.97 Å². The summed E-state index contributed by atoms with van der Waals surface area (Å²) in [6, 6.07) is 0. The average molecular weight is 268 g/mol. The number of aromatic nitrogens is 2. The Hall–Kier alpha value is -0.970. The fraction of sp³-hybridized carbons (Fsp3) is 0.692. The van der Waals surface area contributed by atoms with Gasteiger partial charge in [-0.15, -0.1) is 0 Å². The second-order valence-corrected chi connectivity index (χ2v) is 5.70. The lowest BCUT2D eigenvalue weighted by molar-refractivity contribution is 0.573. The molecule has 1 aromatic heterocycles. The second kappa shape index (κ2) is 6.83. The minimum absolute atomic E-state index is 0.289. The molecular formula is C13H24N4S. The van der Waals surface area contributed by atoms with E-state index in [0.29, 0.717) is 5.95 Å². The molecule has 0 spiro atoms. The van der Waals surface area contributed by atoms with Gasteiger partial charge in [-0.3, -0.25) is 0 Å². The van der Waals surface area contributed by atoms with Crippen LogP contribution in [-0.4, -0.2) is 34.6 Å². The Labute approximate surface area is 114 Å². The molecule has 0 bridgehead atoms. The zero-order chi connectivity index (χ0) is 13.6. The van der Waals surface area contributed by atoms with E-state index in [0.717, 1.165) is 30.8 Å². The lowest BCUT2D eigenvalue weighted by Gasteiger charge is -2.30. The van der Waals surface area contributed by atoms with E-state index < -0.39 is 0 Å². The third-order valence-corrected chi connectivity index (χ3v) is 5.08. The van der Waals surface area contributed by atoms with Crippen LogP contribution in [0.5, 0.6) is 0 Å². The zero-order valence-corrected chi connectivity index (χ0v) is 12.8. The van der Waals surface area contributed by atoms with Gasteiger partial charge in [-0.05, 0) is 26.0 Å². The standard InChI is InChI=1S/C13H24N4S/c1-6-13(7-2,18-5)9-16-11-10(3)8-15-12(14-4)17-11/h8H,6-7,9H2,1-5H3,(H2,14,15,16,17). The lowest BCUT2D eigenvalue weighted by atomic mass is 10.0. The molecule has 5 heteroatoms. The van der Waals surface area contributed by atoms with E-state index in [1.54, 1.807) is 0 Å². The summed E-state index contributed by atoms with van der Waals surface area (Å²) in [5, 5.41) is 6.44. The Morgan fingerprint density at radius 3 is 2.50 bits per heavy atom. The number of aryl methyl sites for hydroxylation is 1. The number of hydrogen-bond acceptors (Lipinski definition) is 5. The van der Waals surface area contributed by atoms with Gasteiger partial charge in [0.05, 0.1) is 0 Å². The third kappa shape index (κ3) is 3.51. The van der Waals surface area contributed by atoms with E-state index in [2.05, 4.69) is 40.7 Å². The van der Waals surface area contributed by atoms with Crippen LogP contribution in [0.4, 0.5) is 11.8 Å². The van der Waals surface area contributed by atoms with Crippen LogP contribution in [0.3, 0.4) is 0 Å². The molecule has 0 saturated heterocycles. The van der Waals surface area contributed by atoms with Gasteiger partial charge < -0.3 is 10.6 Å². The molecule has 4 nitrogen and oxygen atoms in total. The van der Waals surface area contributed by atoms with Gasteiger partial charge in [-0.2, -0.15) is 16.7 Å². The molecule has 1 rings (SSSR count). The van der Waals surface area contributed by atoms with Crippen LogP contribution < -0.4 is 10.6 Å². The van der Waals surface area contributed by atoms with Gasteiger partial charge in [0.25, 0.3) is 0 Å². The minimum Gasteiger partial charge on any atom is -0.368 e. The molecule has 0 aliphatic carbocycles. The molecule has 0 unspecified atom stereocenters. The fourth-order valence-electron chi connectivity index (χ4n) is 1.85. The summed E-state index contributed by atoms with van der Waals surface area (Å²) in [7, 11) is 1.83. The van der Waals surface area contributed by atoms with E-state index in [9.17, 15) is 0 Å². The van der Waals surface area contributed by atoms with Crippen molar-refractivity contribution in [2.45, 2.75) is 38.4 Å². The molecule has 0 radical (unpaired) electrons. The Bertz CT molecular complexity index is 369. The maximum Gasteiger partial charge on any atom is 0.224 e. The molecule has 0 amide bonds. The maximum absolute atomic E-state index is 4.45. The number of nitrogens with zero attached hydrogens (tertiary/aromatic N) is 2. The molecule has 0 aliphatic heterocycles. The molecule has 0 saturated carbocycles. The van der Waals surface area contributed by atoms with E-state index >= 15 is 0 Å². The first-order valence-electron chi connectivity index (χ1n) is 6.41. The predicted octanol–water partition coefficient (Wildman–Crippen LogP) is 3.16. The van der Waals surface area contributed by atoms with Crippen molar-refractivity contribution in [2.24, 2.45) is 0 Å². The average Bonchev–Trinajstić information content (AvgIpc) is 2.42. The molecule has 0 atom stereocenters. The highest BCUT2D eigenvalue weighted by molar-refractivity contribution is 8.00. The van der Waals surface area contributed by atoms with Crippen LogP contribution in [0.1, 0.15) is 32.3 Å². The number of rotatable bonds is 7. The molecule has 18 heavy (non-hydrogen) atoms. The molecule has 0 fully saturated rings. The number of anilines is 2. The first-order valence-corrected chi connectivity index (χ1v) is 7.63. The van der Waals surface area contributed by atoms with E-state index in [1.165, 1.54) is 0 Å². The molecular weight excluding hydrogens is 244 g/mol. The summed E-state index contributed by atoms with van der Waals surface area (Å²) in [5.41, 5.74) is 1.08. The van der Waals surface area contributed by atoms with Crippen molar-refractivity contribution in [3.63, 3.8) is 0 Å². The number of hydrogen-bond donors (Lipinski definition) is 2. The summed E-state index contributed by atoms with van der Waals surface area (Å²) >= 11 is 1.93. The minimum atomic E-state index is 0.289. The van der Waals surface area contributed by atoms with Gasteiger partial charge in [0.15, 0.2) is 0 Å². The summed E-state index contributed by atoms with van der Waals surface area (Å²) in [4.78, 5) is 8.65. The molecule has 1 heterocycles. The largest absolute Gasteiger partial charge is 0.368 e. The van der Waals surface area contributed by atoms with Gasteiger partial charge in [-0.25, -0.2) is 4.98 Å². The lowest BCUT2D eigenvalue weighted by Crippen LogP contribution is -2.32. The second-order valence-electron chi connectivity index (χ2n) is 4.42. The number of thioether (sulfide) groups is 1. The normalized spacial score (nSPS) is 11.4. The van der Waals surface area contributed by atoms with Crippen molar-refractivity contribution in [2.75, 3.05) is 30.5 Å². The van der Waals surface area contributed by atoms with Crippen molar-refractivity contribution >= 4 is 23.5 Å². The van der Waals surface area contributed by atoms with Crippen LogP contribution in [0.25, 0.3) is 0 Å². The monoisotopic (exact) mass is 268 g/mol. The Morgan fingerprint density at radius 2 is 2.00 bits per heavy atom. The first kappa shape index (κ1) is 15.1. The molecule has 0 aromatic carbocycles. The topological polar surface area (TPSA) is 49.8 Å². The van der Waals surface area contributed by atoms with Gasteiger partial charge in [0.2, 0.25) is 5.95 Å². The molecule has 102 valence electrons. The summed E-state index contributed by atoms with van der Waals surface area (Å²) < 4.78 is 0.289. The van der Waals surface area contributed by atoms with Gasteiger partial charge in [0, 0.05) is 30.1 Å². The molecule has 2 N–H and O–H groups in total. The highest BCUT2D eigenvalue weighted by Crippen LogP contribution is 2.30. The maximum atomic E-state index is 4.45. The summed E-state index contributed by atoms with van der Waals surface area (Å²) in [6.45, 7) is 7.45. The van der Waals surface area contributed by atoms with Crippen molar-refractivity contribution < 1.29 is 0 Å². The Balaban J connectivity index is 2.78. The third-order valence-electron chi connectivity index (χ3n) is 3.50. The number of nitrogens with one attached hydrogen (secondary N) is 2. The highest BCUT2D eigenvalue weighted by Gasteiger charge is 2.24. The smallest absolute Gasteiger partial charge is 0.224 e. The highest BCUT2D eigenvalue weighted by atomic mass is 32.2. The summed E-state index contributed by atoms with van der Waals surface area (Å²) in [5.74, 6) is 1.58. The van der Waals surface area contributed by atoms with Crippen LogP contribution in [0.2, 0.25) is 0 Å².